The van der Waals surface area contributed by atoms with Gasteiger partial charge < -0.3 is 44.3 Å². The molecule has 0 bridgehead atoms. The molecule has 0 fully saturated rings. The summed E-state index contributed by atoms with van der Waals surface area (Å²) in [4.78, 5) is 74.2. The Labute approximate surface area is 151 Å². The maximum absolute atomic E-state index is 11.6. The van der Waals surface area contributed by atoms with E-state index in [1.165, 1.54) is 0 Å². The Bertz CT molecular complexity index is 755. The first-order chi connectivity index (χ1) is 11.8. The second kappa shape index (κ2) is 8.14. The summed E-state index contributed by atoms with van der Waals surface area (Å²) in [5.41, 5.74) is -6.61. The SMILES string of the molecule is O=P(O)(O)C(N(Cc1ccc(O)cc1)C(P(=O)(O)O)P(=O)(O)O)P(=O)(O)O. The first kappa shape index (κ1) is 24.6. The quantitative estimate of drug-likeness (QED) is 0.216. The van der Waals surface area contributed by atoms with Gasteiger partial charge in [0.1, 0.15) is 5.75 Å². The molecule has 1 aromatic carbocycles. The van der Waals surface area contributed by atoms with E-state index in [1.807, 2.05) is 0 Å². The highest BCUT2D eigenvalue weighted by Gasteiger charge is 2.58. The van der Waals surface area contributed by atoms with E-state index in [1.54, 1.807) is 0 Å². The van der Waals surface area contributed by atoms with Crippen LogP contribution in [0.3, 0.4) is 0 Å². The van der Waals surface area contributed by atoms with E-state index in [4.69, 9.17) is 0 Å². The molecule has 0 aliphatic heterocycles. The first-order valence-corrected chi connectivity index (χ1v) is 13.3. The molecule has 0 saturated heterocycles. The third-order valence-corrected chi connectivity index (χ3v) is 10.3. The molecule has 0 spiro atoms. The molecule has 0 unspecified atom stereocenters. The number of rotatable bonds is 8. The van der Waals surface area contributed by atoms with Crippen molar-refractivity contribution in [1.29, 1.82) is 0 Å². The van der Waals surface area contributed by atoms with Crippen LogP contribution in [0, 0.1) is 0 Å². The second-order valence-corrected chi connectivity index (χ2v) is 12.9. The van der Waals surface area contributed by atoms with Crippen LogP contribution in [0.25, 0.3) is 0 Å². The molecule has 0 radical (unpaired) electrons. The molecule has 27 heavy (non-hydrogen) atoms. The number of nitrogens with zero attached hydrogens (tertiary/aromatic N) is 1. The van der Waals surface area contributed by atoms with E-state index in [9.17, 15) is 62.5 Å². The molecule has 9 N–H and O–H groups in total. The Morgan fingerprint density at radius 1 is 0.667 bits per heavy atom. The fourth-order valence-corrected chi connectivity index (χ4v) is 8.22. The molecule has 14 nitrogen and oxygen atoms in total. The summed E-state index contributed by atoms with van der Waals surface area (Å²) in [6.45, 7) is -1.08. The molecule has 0 heterocycles. The zero-order chi connectivity index (χ0) is 21.4. The summed E-state index contributed by atoms with van der Waals surface area (Å²) in [5, 5.41) is 9.21. The third-order valence-electron chi connectivity index (χ3n) is 3.10. The highest BCUT2D eigenvalue weighted by molar-refractivity contribution is 7.72. The fourth-order valence-electron chi connectivity index (χ4n) is 2.26. The number of phenols is 1. The zero-order valence-corrected chi connectivity index (χ0v) is 16.6. The van der Waals surface area contributed by atoms with Gasteiger partial charge >= 0.3 is 30.4 Å². The minimum Gasteiger partial charge on any atom is -0.508 e. The second-order valence-electron chi connectivity index (χ2n) is 5.39. The lowest BCUT2D eigenvalue weighted by Crippen LogP contribution is -2.42. The first-order valence-electron chi connectivity index (χ1n) is 6.59. The summed E-state index contributed by atoms with van der Waals surface area (Å²) in [6, 6.07) is 4.16. The van der Waals surface area contributed by atoms with Crippen molar-refractivity contribution in [1.82, 2.24) is 4.90 Å². The van der Waals surface area contributed by atoms with E-state index in [2.05, 4.69) is 0 Å². The van der Waals surface area contributed by atoms with Crippen LogP contribution < -0.4 is 0 Å². The van der Waals surface area contributed by atoms with Crippen LogP contribution in [-0.2, 0) is 24.8 Å². The molecular weight excluding hydrogens is 454 g/mol. The smallest absolute Gasteiger partial charge is 0.355 e. The Morgan fingerprint density at radius 2 is 0.963 bits per heavy atom. The Morgan fingerprint density at radius 3 is 1.22 bits per heavy atom. The van der Waals surface area contributed by atoms with Gasteiger partial charge in [0.25, 0.3) is 0 Å². The van der Waals surface area contributed by atoms with E-state index < -0.39 is 48.0 Å². The van der Waals surface area contributed by atoms with Gasteiger partial charge in [-0.3, -0.25) is 23.2 Å². The van der Waals surface area contributed by atoms with Gasteiger partial charge in [-0.15, -0.1) is 0 Å². The van der Waals surface area contributed by atoms with Crippen molar-refractivity contribution >= 4 is 30.4 Å². The number of hydrogen-bond acceptors (Lipinski definition) is 6. The summed E-state index contributed by atoms with van der Waals surface area (Å²) >= 11 is 0. The summed E-state index contributed by atoms with van der Waals surface area (Å²) < 4.78 is 46.5. The molecule has 1 rings (SSSR count). The molecule has 0 aliphatic carbocycles. The molecular formula is C9H17NO13P4. The van der Waals surface area contributed by atoms with E-state index in [0.717, 1.165) is 24.3 Å². The molecule has 156 valence electrons. The van der Waals surface area contributed by atoms with Crippen molar-refractivity contribution in [2.75, 3.05) is 0 Å². The standard InChI is InChI=1S/C9H17NO13P4/c11-7-3-1-6(2-4-7)5-10(8(24(12,13)14)25(15,16)17)9(26(18,19)20)27(21,22)23/h1-4,8-9,11H,5H2,(H2,12,13,14)(H2,15,16,17)(H2,18,19,20)(H2,21,22,23). The number of hydrogen-bond donors (Lipinski definition) is 9. The average molecular weight is 471 g/mol. The predicted molar refractivity (Wildman–Crippen MR) is 89.4 cm³/mol. The average Bonchev–Trinajstić information content (AvgIpc) is 2.34. The minimum atomic E-state index is -5.87. The largest absolute Gasteiger partial charge is 0.508 e. The Balaban J connectivity index is 3.71. The van der Waals surface area contributed by atoms with Gasteiger partial charge in [0.2, 0.25) is 11.0 Å². The Kier molecular flexibility index (Phi) is 7.42. The molecule has 1 aromatic rings. The van der Waals surface area contributed by atoms with Crippen LogP contribution >= 0.6 is 30.4 Å². The maximum Gasteiger partial charge on any atom is 0.355 e. The van der Waals surface area contributed by atoms with Crippen LogP contribution in [0.2, 0.25) is 0 Å². The van der Waals surface area contributed by atoms with Crippen molar-refractivity contribution in [2.45, 2.75) is 17.6 Å². The highest BCUT2D eigenvalue weighted by Crippen LogP contribution is 2.69. The topological polar surface area (TPSA) is 254 Å². The maximum atomic E-state index is 11.6. The summed E-state index contributed by atoms with van der Waals surface area (Å²) in [7, 11) is -23.5. The van der Waals surface area contributed by atoms with Crippen molar-refractivity contribution < 1.29 is 62.5 Å². The van der Waals surface area contributed by atoms with Gasteiger partial charge in [0.15, 0.2) is 0 Å². The predicted octanol–water partition coefficient (Wildman–Crippen LogP) is -0.528. The highest BCUT2D eigenvalue weighted by atomic mass is 31.2. The molecule has 0 aromatic heterocycles. The zero-order valence-electron chi connectivity index (χ0n) is 13.1. The van der Waals surface area contributed by atoms with E-state index in [0.29, 0.717) is 0 Å². The molecule has 0 saturated carbocycles. The van der Waals surface area contributed by atoms with Crippen LogP contribution in [0.1, 0.15) is 5.56 Å². The van der Waals surface area contributed by atoms with Crippen molar-refractivity contribution in [3.63, 3.8) is 0 Å². The molecule has 0 amide bonds. The van der Waals surface area contributed by atoms with Gasteiger partial charge in [-0.1, -0.05) is 12.1 Å². The third kappa shape index (κ3) is 6.85. The van der Waals surface area contributed by atoms with Crippen LogP contribution in [-0.4, -0.2) is 60.2 Å². The van der Waals surface area contributed by atoms with Crippen LogP contribution in [0.15, 0.2) is 24.3 Å². The number of benzene rings is 1. The summed E-state index contributed by atoms with van der Waals surface area (Å²) in [6.07, 6.45) is 0. The number of phenolic OH excluding ortho intramolecular Hbond substituents is 1. The van der Waals surface area contributed by atoms with Gasteiger partial charge in [0.05, 0.1) is 0 Å². The van der Waals surface area contributed by atoms with E-state index >= 15 is 0 Å². The molecule has 0 aliphatic rings. The van der Waals surface area contributed by atoms with Gasteiger partial charge in [0, 0.05) is 6.54 Å². The molecule has 0 atom stereocenters. The Hall–Kier alpha value is -0.420. The van der Waals surface area contributed by atoms with Crippen molar-refractivity contribution in [3.05, 3.63) is 29.8 Å². The fraction of sp³-hybridized carbons (Fsp3) is 0.333. The lowest BCUT2D eigenvalue weighted by atomic mass is 10.2. The van der Waals surface area contributed by atoms with Gasteiger partial charge in [-0.25, -0.2) is 0 Å². The van der Waals surface area contributed by atoms with Gasteiger partial charge in [-0.05, 0) is 17.7 Å². The lowest BCUT2D eigenvalue weighted by molar-refractivity contribution is 0.195. The minimum absolute atomic E-state index is 0.119. The lowest BCUT2D eigenvalue weighted by Gasteiger charge is -2.37. The van der Waals surface area contributed by atoms with Crippen LogP contribution in [0.4, 0.5) is 0 Å². The summed E-state index contributed by atoms with van der Waals surface area (Å²) in [5.74, 6) is -0.284. The molecule has 18 heteroatoms. The van der Waals surface area contributed by atoms with Crippen LogP contribution in [0.5, 0.6) is 5.75 Å². The van der Waals surface area contributed by atoms with Crippen molar-refractivity contribution in [3.8, 4) is 5.75 Å². The van der Waals surface area contributed by atoms with Crippen molar-refractivity contribution in [2.24, 2.45) is 0 Å². The number of aromatic hydroxyl groups is 1. The van der Waals surface area contributed by atoms with E-state index in [-0.39, 0.29) is 16.2 Å². The monoisotopic (exact) mass is 471 g/mol. The van der Waals surface area contributed by atoms with Gasteiger partial charge in [-0.2, -0.15) is 0 Å². The normalized spacial score (nSPS) is 14.3.